The van der Waals surface area contributed by atoms with Crippen molar-refractivity contribution in [1.29, 1.82) is 0 Å². The Balaban J connectivity index is 1.70. The van der Waals surface area contributed by atoms with Crippen molar-refractivity contribution in [2.75, 3.05) is 7.11 Å². The second-order valence-electron chi connectivity index (χ2n) is 6.37. The van der Waals surface area contributed by atoms with Crippen LogP contribution in [-0.4, -0.2) is 25.3 Å². The summed E-state index contributed by atoms with van der Waals surface area (Å²) in [6, 6.07) is 12.8. The van der Waals surface area contributed by atoms with Crippen molar-refractivity contribution in [1.82, 2.24) is 0 Å². The molecule has 2 aliphatic rings. The van der Waals surface area contributed by atoms with E-state index in [0.717, 1.165) is 19.3 Å². The molecule has 3 nitrogen and oxygen atoms in total. The molecule has 2 aromatic rings. The Bertz CT molecular complexity index is 694. The van der Waals surface area contributed by atoms with Gasteiger partial charge in [0.2, 0.25) is 0 Å². The van der Waals surface area contributed by atoms with Gasteiger partial charge in [0.15, 0.2) is 0 Å². The fourth-order valence-electron chi connectivity index (χ4n) is 4.02. The van der Waals surface area contributed by atoms with E-state index >= 15 is 0 Å². The fraction of sp³-hybridized carbons (Fsp3) is 0.421. The van der Waals surface area contributed by atoms with Crippen LogP contribution in [0.2, 0.25) is 0 Å². The van der Waals surface area contributed by atoms with Crippen LogP contribution < -0.4 is 0 Å². The average molecular weight is 328 g/mol. The first kappa shape index (κ1) is 14.9. The van der Waals surface area contributed by atoms with Crippen molar-refractivity contribution in [2.24, 2.45) is 5.92 Å². The number of benzene rings is 1. The number of fused-ring (bicyclic) bond motifs is 2. The summed E-state index contributed by atoms with van der Waals surface area (Å²) in [6.45, 7) is 0. The number of esters is 1. The second kappa shape index (κ2) is 6.10. The van der Waals surface area contributed by atoms with Crippen LogP contribution in [0.1, 0.15) is 30.7 Å². The molecule has 4 heteroatoms. The highest BCUT2D eigenvalue weighted by molar-refractivity contribution is 7.13. The fourth-order valence-corrected chi connectivity index (χ4v) is 4.74. The molecule has 120 valence electrons. The zero-order valence-corrected chi connectivity index (χ0v) is 13.9. The van der Waals surface area contributed by atoms with Gasteiger partial charge in [0.05, 0.1) is 25.2 Å². The quantitative estimate of drug-likeness (QED) is 0.791. The Morgan fingerprint density at radius 3 is 2.96 bits per heavy atom. The van der Waals surface area contributed by atoms with Gasteiger partial charge in [0, 0.05) is 10.8 Å². The van der Waals surface area contributed by atoms with Gasteiger partial charge in [-0.05, 0) is 41.8 Å². The molecule has 0 saturated carbocycles. The molecule has 4 atom stereocenters. The van der Waals surface area contributed by atoms with Crippen molar-refractivity contribution >= 4 is 17.3 Å². The highest BCUT2D eigenvalue weighted by atomic mass is 32.1. The lowest BCUT2D eigenvalue weighted by Gasteiger charge is -2.35. The van der Waals surface area contributed by atoms with Gasteiger partial charge >= 0.3 is 5.97 Å². The normalized spacial score (nSPS) is 29.4. The molecule has 0 radical (unpaired) electrons. The van der Waals surface area contributed by atoms with E-state index in [2.05, 4.69) is 41.8 Å². The van der Waals surface area contributed by atoms with E-state index in [1.165, 1.54) is 23.1 Å². The maximum Gasteiger partial charge on any atom is 0.311 e. The molecule has 0 spiro atoms. The van der Waals surface area contributed by atoms with Crippen molar-refractivity contribution < 1.29 is 14.3 Å². The zero-order chi connectivity index (χ0) is 15.8. The summed E-state index contributed by atoms with van der Waals surface area (Å²) >= 11 is 1.74. The van der Waals surface area contributed by atoms with E-state index in [4.69, 9.17) is 9.47 Å². The summed E-state index contributed by atoms with van der Waals surface area (Å²) in [5.74, 6) is -0.132. The van der Waals surface area contributed by atoms with Gasteiger partial charge in [-0.25, -0.2) is 0 Å². The standard InChI is InChI=1S/C19H20O3S/c1-21-19(20)18-15(11-14-7-8-16(18)22-14)12-4-2-5-13(10-12)17-6-3-9-23-17/h2-6,9-10,14-16,18H,7-8,11H2,1H3/t14?,15-,16?,18-/m0/s1. The Kier molecular flexibility index (Phi) is 3.95. The molecule has 2 fully saturated rings. The Morgan fingerprint density at radius 2 is 2.17 bits per heavy atom. The highest BCUT2D eigenvalue weighted by Gasteiger charge is 2.47. The van der Waals surface area contributed by atoms with Gasteiger partial charge in [0.1, 0.15) is 0 Å². The first-order chi connectivity index (χ1) is 11.3. The van der Waals surface area contributed by atoms with Crippen LogP contribution in [0.15, 0.2) is 41.8 Å². The predicted molar refractivity (Wildman–Crippen MR) is 90.5 cm³/mol. The first-order valence-corrected chi connectivity index (χ1v) is 9.01. The largest absolute Gasteiger partial charge is 0.469 e. The SMILES string of the molecule is COC(=O)[C@@H]1C2CCC(C[C@H]1c1cccc(-c3cccs3)c1)O2. The number of hydrogen-bond donors (Lipinski definition) is 0. The smallest absolute Gasteiger partial charge is 0.311 e. The Labute approximate surface area is 140 Å². The van der Waals surface area contributed by atoms with E-state index in [1.54, 1.807) is 11.3 Å². The molecule has 2 saturated heterocycles. The molecule has 4 rings (SSSR count). The van der Waals surface area contributed by atoms with Crippen LogP contribution in [0.4, 0.5) is 0 Å². The van der Waals surface area contributed by atoms with Gasteiger partial charge in [-0.3, -0.25) is 4.79 Å². The molecule has 3 heterocycles. The summed E-state index contributed by atoms with van der Waals surface area (Å²) in [6.07, 6.45) is 3.22. The number of carbonyl (C=O) groups is 1. The van der Waals surface area contributed by atoms with Crippen LogP contribution >= 0.6 is 11.3 Å². The first-order valence-electron chi connectivity index (χ1n) is 8.13. The summed E-state index contributed by atoms with van der Waals surface area (Å²) in [5, 5.41) is 2.09. The Hall–Kier alpha value is -1.65. The molecule has 1 aromatic heterocycles. The van der Waals surface area contributed by atoms with E-state index in [-0.39, 0.29) is 30.0 Å². The van der Waals surface area contributed by atoms with Crippen molar-refractivity contribution in [2.45, 2.75) is 37.4 Å². The van der Waals surface area contributed by atoms with Gasteiger partial charge < -0.3 is 9.47 Å². The lowest BCUT2D eigenvalue weighted by atomic mass is 9.78. The monoisotopic (exact) mass is 328 g/mol. The summed E-state index contributed by atoms with van der Waals surface area (Å²) in [5.41, 5.74) is 2.45. The van der Waals surface area contributed by atoms with Crippen molar-refractivity contribution in [3.63, 3.8) is 0 Å². The zero-order valence-electron chi connectivity index (χ0n) is 13.1. The number of thiophene rings is 1. The molecule has 0 aliphatic carbocycles. The van der Waals surface area contributed by atoms with E-state index in [1.807, 2.05) is 0 Å². The van der Waals surface area contributed by atoms with Gasteiger partial charge in [0.25, 0.3) is 0 Å². The maximum atomic E-state index is 12.4. The number of rotatable bonds is 3. The van der Waals surface area contributed by atoms with Crippen LogP contribution in [-0.2, 0) is 14.3 Å². The van der Waals surface area contributed by atoms with Gasteiger partial charge in [-0.1, -0.05) is 30.3 Å². The average Bonchev–Trinajstić information content (AvgIpc) is 3.24. The molecule has 0 amide bonds. The molecule has 2 unspecified atom stereocenters. The van der Waals surface area contributed by atoms with E-state index < -0.39 is 0 Å². The van der Waals surface area contributed by atoms with Crippen LogP contribution in [0.25, 0.3) is 10.4 Å². The topological polar surface area (TPSA) is 35.5 Å². The van der Waals surface area contributed by atoms with E-state index in [9.17, 15) is 4.79 Å². The molecular formula is C19H20O3S. The lowest BCUT2D eigenvalue weighted by Crippen LogP contribution is -2.39. The summed E-state index contributed by atoms with van der Waals surface area (Å²) in [4.78, 5) is 13.6. The lowest BCUT2D eigenvalue weighted by molar-refractivity contribution is -0.156. The summed E-state index contributed by atoms with van der Waals surface area (Å²) < 4.78 is 11.1. The van der Waals surface area contributed by atoms with E-state index in [0.29, 0.717) is 0 Å². The Morgan fingerprint density at radius 1 is 1.26 bits per heavy atom. The van der Waals surface area contributed by atoms with Crippen LogP contribution in [0.5, 0.6) is 0 Å². The number of carbonyl (C=O) groups excluding carboxylic acids is 1. The molecule has 2 aliphatic heterocycles. The van der Waals surface area contributed by atoms with Gasteiger partial charge in [-0.2, -0.15) is 0 Å². The predicted octanol–water partition coefficient (Wildman–Crippen LogP) is 4.24. The van der Waals surface area contributed by atoms with Gasteiger partial charge in [-0.15, -0.1) is 11.3 Å². The molecule has 23 heavy (non-hydrogen) atoms. The maximum absolute atomic E-state index is 12.4. The number of hydrogen-bond acceptors (Lipinski definition) is 4. The number of methoxy groups -OCH3 is 1. The van der Waals surface area contributed by atoms with Crippen LogP contribution in [0.3, 0.4) is 0 Å². The highest BCUT2D eigenvalue weighted by Crippen LogP contribution is 2.46. The molecule has 2 bridgehead atoms. The number of ether oxygens (including phenoxy) is 2. The molecule has 1 aromatic carbocycles. The van der Waals surface area contributed by atoms with Crippen molar-refractivity contribution in [3.8, 4) is 10.4 Å². The third-order valence-electron chi connectivity index (χ3n) is 5.09. The second-order valence-corrected chi connectivity index (χ2v) is 7.32. The third kappa shape index (κ3) is 2.70. The minimum Gasteiger partial charge on any atom is -0.469 e. The third-order valence-corrected chi connectivity index (χ3v) is 6.00. The molecular weight excluding hydrogens is 308 g/mol. The van der Waals surface area contributed by atoms with Crippen molar-refractivity contribution in [3.05, 3.63) is 47.3 Å². The molecule has 0 N–H and O–H groups in total. The van der Waals surface area contributed by atoms with Crippen LogP contribution in [0, 0.1) is 5.92 Å². The minimum absolute atomic E-state index is 0.0107. The minimum atomic E-state index is -0.183. The summed E-state index contributed by atoms with van der Waals surface area (Å²) in [7, 11) is 1.47.